The Hall–Kier alpha value is -1.85. The minimum atomic E-state index is -0.250. The van der Waals surface area contributed by atoms with Crippen molar-refractivity contribution >= 4 is 23.4 Å². The third kappa shape index (κ3) is 3.43. The Bertz CT molecular complexity index is 745. The molecule has 0 radical (unpaired) electrons. The van der Waals surface area contributed by atoms with Crippen LogP contribution in [-0.2, 0) is 5.75 Å². The monoisotopic (exact) mass is 320 g/mol. The second-order valence-electron chi connectivity index (χ2n) is 4.24. The summed E-state index contributed by atoms with van der Waals surface area (Å²) in [6.07, 6.45) is 0. The van der Waals surface area contributed by atoms with Gasteiger partial charge in [-0.25, -0.2) is 4.39 Å². The number of aromatic nitrogens is 2. The minimum absolute atomic E-state index is 0.250. The van der Waals surface area contributed by atoms with Crippen molar-refractivity contribution in [2.75, 3.05) is 0 Å². The highest BCUT2D eigenvalue weighted by Crippen LogP contribution is 2.26. The van der Waals surface area contributed by atoms with Crippen LogP contribution in [0.5, 0.6) is 0 Å². The Balaban J connectivity index is 1.71. The van der Waals surface area contributed by atoms with Crippen molar-refractivity contribution in [2.45, 2.75) is 10.6 Å². The number of nitrogens with zero attached hydrogens (tertiary/aromatic N) is 2. The maximum Gasteiger partial charge on any atom is 0.237 e. The van der Waals surface area contributed by atoms with E-state index in [9.17, 15) is 4.39 Å². The summed E-state index contributed by atoms with van der Waals surface area (Å²) in [5.74, 6) is 1.12. The van der Waals surface area contributed by atoms with Gasteiger partial charge >= 0.3 is 0 Å². The van der Waals surface area contributed by atoms with Gasteiger partial charge in [0.05, 0.1) is 5.75 Å². The third-order valence-corrected chi connectivity index (χ3v) is 4.04. The molecular weight excluding hydrogens is 311 g/mol. The molecule has 0 aliphatic rings. The van der Waals surface area contributed by atoms with Crippen LogP contribution in [0.2, 0.25) is 5.02 Å². The van der Waals surface area contributed by atoms with E-state index in [2.05, 4.69) is 10.1 Å². The van der Waals surface area contributed by atoms with E-state index < -0.39 is 0 Å². The lowest BCUT2D eigenvalue weighted by atomic mass is 10.2. The largest absolute Gasteiger partial charge is 0.338 e. The van der Waals surface area contributed by atoms with Crippen molar-refractivity contribution in [3.8, 4) is 11.4 Å². The van der Waals surface area contributed by atoms with Crippen LogP contribution in [0, 0.1) is 5.82 Å². The Morgan fingerprint density at radius 1 is 1.10 bits per heavy atom. The van der Waals surface area contributed by atoms with Crippen molar-refractivity contribution in [3.05, 3.63) is 65.3 Å². The summed E-state index contributed by atoms with van der Waals surface area (Å²) in [6, 6.07) is 13.8. The smallest absolute Gasteiger partial charge is 0.237 e. The van der Waals surface area contributed by atoms with E-state index in [0.29, 0.717) is 27.4 Å². The molecule has 0 fully saturated rings. The first-order valence-electron chi connectivity index (χ1n) is 6.18. The Morgan fingerprint density at radius 2 is 1.86 bits per heavy atom. The van der Waals surface area contributed by atoms with Crippen LogP contribution < -0.4 is 0 Å². The third-order valence-electron chi connectivity index (χ3n) is 2.76. The highest BCUT2D eigenvalue weighted by atomic mass is 35.5. The van der Waals surface area contributed by atoms with Gasteiger partial charge in [-0.2, -0.15) is 4.98 Å². The topological polar surface area (TPSA) is 38.9 Å². The highest BCUT2D eigenvalue weighted by molar-refractivity contribution is 7.98. The number of benzene rings is 2. The van der Waals surface area contributed by atoms with Crippen molar-refractivity contribution in [2.24, 2.45) is 0 Å². The Labute approximate surface area is 130 Å². The molecule has 0 amide bonds. The van der Waals surface area contributed by atoms with Gasteiger partial charge in [0, 0.05) is 15.5 Å². The van der Waals surface area contributed by atoms with Crippen LogP contribution in [0.15, 0.2) is 57.9 Å². The molecule has 106 valence electrons. The van der Waals surface area contributed by atoms with Gasteiger partial charge in [0.1, 0.15) is 5.82 Å². The quantitative estimate of drug-likeness (QED) is 0.646. The molecule has 1 heterocycles. The highest BCUT2D eigenvalue weighted by Gasteiger charge is 2.10. The van der Waals surface area contributed by atoms with Crippen LogP contribution in [0.25, 0.3) is 11.4 Å². The number of rotatable bonds is 4. The molecule has 0 bridgehead atoms. The fraction of sp³-hybridized carbons (Fsp3) is 0.0667. The predicted molar refractivity (Wildman–Crippen MR) is 80.7 cm³/mol. The van der Waals surface area contributed by atoms with Gasteiger partial charge in [-0.1, -0.05) is 28.9 Å². The molecule has 0 atom stereocenters. The summed E-state index contributed by atoms with van der Waals surface area (Å²) >= 11 is 7.15. The van der Waals surface area contributed by atoms with Crippen LogP contribution in [-0.4, -0.2) is 10.1 Å². The summed E-state index contributed by atoms with van der Waals surface area (Å²) in [5, 5.41) is 4.57. The van der Waals surface area contributed by atoms with Gasteiger partial charge in [-0.05, 0) is 36.4 Å². The molecule has 3 nitrogen and oxygen atoms in total. The molecular formula is C15H10ClFN2OS. The van der Waals surface area contributed by atoms with Crippen molar-refractivity contribution in [1.29, 1.82) is 0 Å². The number of halogens is 2. The molecule has 0 aliphatic heterocycles. The van der Waals surface area contributed by atoms with E-state index in [1.54, 1.807) is 30.3 Å². The molecule has 3 aromatic rings. The first kappa shape index (κ1) is 14.1. The first-order chi connectivity index (χ1) is 10.2. The summed E-state index contributed by atoms with van der Waals surface area (Å²) in [6.45, 7) is 0. The van der Waals surface area contributed by atoms with Gasteiger partial charge in [0.2, 0.25) is 11.7 Å². The molecule has 3 rings (SSSR count). The molecule has 2 aromatic carbocycles. The van der Waals surface area contributed by atoms with E-state index in [0.717, 1.165) is 5.56 Å². The normalized spacial score (nSPS) is 10.8. The van der Waals surface area contributed by atoms with Gasteiger partial charge in [0.25, 0.3) is 0 Å². The van der Waals surface area contributed by atoms with Gasteiger partial charge in [0.15, 0.2) is 0 Å². The molecule has 0 saturated carbocycles. The second kappa shape index (κ2) is 6.28. The molecule has 0 N–H and O–H groups in total. The van der Waals surface area contributed by atoms with Crippen LogP contribution >= 0.6 is 23.4 Å². The standard InChI is InChI=1S/C15H10ClFN2OS/c16-11-7-5-10(6-8-11)15-18-14(20-19-15)9-21-13-4-2-1-3-12(13)17/h1-8H,9H2. The predicted octanol–water partition coefficient (Wildman–Crippen LogP) is 4.82. The molecule has 0 aliphatic carbocycles. The van der Waals surface area contributed by atoms with E-state index >= 15 is 0 Å². The molecule has 0 unspecified atom stereocenters. The second-order valence-corrected chi connectivity index (χ2v) is 5.69. The molecule has 6 heteroatoms. The van der Waals surface area contributed by atoms with Crippen LogP contribution in [0.4, 0.5) is 4.39 Å². The van der Waals surface area contributed by atoms with E-state index in [1.165, 1.54) is 17.8 Å². The maximum atomic E-state index is 13.5. The molecule has 0 spiro atoms. The maximum absolute atomic E-state index is 13.5. The first-order valence-corrected chi connectivity index (χ1v) is 7.54. The average Bonchev–Trinajstić information content (AvgIpc) is 2.96. The zero-order chi connectivity index (χ0) is 14.7. The summed E-state index contributed by atoms with van der Waals surface area (Å²) < 4.78 is 18.7. The average molecular weight is 321 g/mol. The molecule has 1 aromatic heterocycles. The van der Waals surface area contributed by atoms with E-state index in [1.807, 2.05) is 12.1 Å². The summed E-state index contributed by atoms with van der Waals surface area (Å²) in [7, 11) is 0. The number of thioether (sulfide) groups is 1. The Kier molecular flexibility index (Phi) is 4.22. The fourth-order valence-electron chi connectivity index (χ4n) is 1.73. The number of hydrogen-bond donors (Lipinski definition) is 0. The minimum Gasteiger partial charge on any atom is -0.338 e. The summed E-state index contributed by atoms with van der Waals surface area (Å²) in [5.41, 5.74) is 0.824. The lowest BCUT2D eigenvalue weighted by Gasteiger charge is -1.99. The van der Waals surface area contributed by atoms with Gasteiger partial charge < -0.3 is 4.52 Å². The fourth-order valence-corrected chi connectivity index (χ4v) is 2.63. The van der Waals surface area contributed by atoms with Crippen molar-refractivity contribution in [1.82, 2.24) is 10.1 Å². The molecule has 21 heavy (non-hydrogen) atoms. The Morgan fingerprint density at radius 3 is 2.62 bits per heavy atom. The van der Waals surface area contributed by atoms with Crippen molar-refractivity contribution in [3.63, 3.8) is 0 Å². The van der Waals surface area contributed by atoms with Gasteiger partial charge in [-0.3, -0.25) is 0 Å². The number of hydrogen-bond acceptors (Lipinski definition) is 4. The van der Waals surface area contributed by atoms with Crippen molar-refractivity contribution < 1.29 is 8.91 Å². The molecule has 0 saturated heterocycles. The van der Waals surface area contributed by atoms with Crippen LogP contribution in [0.3, 0.4) is 0 Å². The van der Waals surface area contributed by atoms with Gasteiger partial charge in [-0.15, -0.1) is 11.8 Å². The zero-order valence-corrected chi connectivity index (χ0v) is 12.4. The summed E-state index contributed by atoms with van der Waals surface area (Å²) in [4.78, 5) is 4.85. The van der Waals surface area contributed by atoms with E-state index in [4.69, 9.17) is 16.1 Å². The SMILES string of the molecule is Fc1ccccc1SCc1nc(-c2ccc(Cl)cc2)no1. The lowest BCUT2D eigenvalue weighted by molar-refractivity contribution is 0.391. The van der Waals surface area contributed by atoms with E-state index in [-0.39, 0.29) is 5.82 Å². The lowest BCUT2D eigenvalue weighted by Crippen LogP contribution is -1.84. The zero-order valence-electron chi connectivity index (χ0n) is 10.8. The van der Waals surface area contributed by atoms with Crippen LogP contribution in [0.1, 0.15) is 5.89 Å².